The van der Waals surface area contributed by atoms with Crippen molar-refractivity contribution in [3.8, 4) is 6.07 Å². The summed E-state index contributed by atoms with van der Waals surface area (Å²) < 4.78 is 7.32. The van der Waals surface area contributed by atoms with E-state index in [1.54, 1.807) is 16.9 Å². The highest BCUT2D eigenvalue weighted by Crippen LogP contribution is 2.39. The Bertz CT molecular complexity index is 1300. The van der Waals surface area contributed by atoms with Crippen LogP contribution in [0.1, 0.15) is 31.9 Å². The quantitative estimate of drug-likeness (QED) is 0.601. The van der Waals surface area contributed by atoms with Crippen LogP contribution in [0.5, 0.6) is 0 Å². The highest BCUT2D eigenvalue weighted by molar-refractivity contribution is 6.06. The molecule has 1 fully saturated rings. The number of carbonyl (C=O) groups excluding carboxylic acids is 1. The largest absolute Gasteiger partial charge is 0.379 e. The van der Waals surface area contributed by atoms with E-state index in [0.29, 0.717) is 42.0 Å². The van der Waals surface area contributed by atoms with Gasteiger partial charge in [-0.1, -0.05) is 6.07 Å². The number of aromatic amines is 1. The summed E-state index contributed by atoms with van der Waals surface area (Å²) in [5.41, 5.74) is 2.13. The van der Waals surface area contributed by atoms with Gasteiger partial charge in [0.05, 0.1) is 35.6 Å². The molecule has 1 saturated heterocycles. The van der Waals surface area contributed by atoms with Crippen molar-refractivity contribution >= 4 is 34.0 Å². The summed E-state index contributed by atoms with van der Waals surface area (Å²) in [5, 5.41) is 20.8. The molecule has 3 N–H and O–H groups in total. The van der Waals surface area contributed by atoms with Gasteiger partial charge in [-0.25, -0.2) is 0 Å². The van der Waals surface area contributed by atoms with Gasteiger partial charge in [-0.05, 0) is 44.0 Å². The predicted octanol–water partition coefficient (Wildman–Crippen LogP) is 2.80. The third-order valence-corrected chi connectivity index (χ3v) is 6.21. The fraction of sp³-hybridized carbons (Fsp3) is 0.364. The molecule has 158 valence electrons. The van der Waals surface area contributed by atoms with E-state index in [2.05, 4.69) is 26.8 Å². The Labute approximate surface area is 178 Å². The Balaban J connectivity index is 1.58. The zero-order chi connectivity index (χ0) is 21.8. The molecule has 0 radical (unpaired) electrons. The maximum absolute atomic E-state index is 12.7. The van der Waals surface area contributed by atoms with Gasteiger partial charge >= 0.3 is 0 Å². The van der Waals surface area contributed by atoms with Gasteiger partial charge in [0.15, 0.2) is 5.82 Å². The van der Waals surface area contributed by atoms with Crippen LogP contribution in [-0.2, 0) is 14.9 Å². The van der Waals surface area contributed by atoms with Gasteiger partial charge < -0.3 is 20.4 Å². The highest BCUT2D eigenvalue weighted by Gasteiger charge is 2.38. The van der Waals surface area contributed by atoms with E-state index in [1.807, 2.05) is 32.0 Å². The molecule has 1 unspecified atom stereocenters. The third kappa shape index (κ3) is 2.99. The Hall–Kier alpha value is -3.64. The summed E-state index contributed by atoms with van der Waals surface area (Å²) in [6.07, 6.45) is 2.19. The number of ether oxygens (including phenoxy) is 1. The summed E-state index contributed by atoms with van der Waals surface area (Å²) in [7, 11) is 0. The number of rotatable bonds is 3. The SMILES string of the molecule is CC1(C)C(=O)Nc2cc(Nc3nn(C4COCC[C@@H]4C#N)c4cc[nH]c(=O)c34)ccc21. The van der Waals surface area contributed by atoms with E-state index in [9.17, 15) is 14.9 Å². The highest BCUT2D eigenvalue weighted by atomic mass is 16.5. The fourth-order valence-corrected chi connectivity index (χ4v) is 4.36. The molecule has 0 bridgehead atoms. The zero-order valence-electron chi connectivity index (χ0n) is 17.2. The summed E-state index contributed by atoms with van der Waals surface area (Å²) in [4.78, 5) is 27.6. The number of hydrogen-bond donors (Lipinski definition) is 3. The van der Waals surface area contributed by atoms with Crippen molar-refractivity contribution in [3.05, 3.63) is 46.4 Å². The molecule has 0 aliphatic carbocycles. The number of carbonyl (C=O) groups is 1. The smallest absolute Gasteiger partial charge is 0.261 e. The van der Waals surface area contributed by atoms with E-state index in [0.717, 1.165) is 11.3 Å². The molecule has 3 aromatic rings. The number of aromatic nitrogens is 3. The molecular weight excluding hydrogens is 396 g/mol. The van der Waals surface area contributed by atoms with Gasteiger partial charge in [-0.3, -0.25) is 14.3 Å². The lowest BCUT2D eigenvalue weighted by Gasteiger charge is -2.27. The monoisotopic (exact) mass is 418 g/mol. The second-order valence-electron chi connectivity index (χ2n) is 8.49. The number of nitrogens with zero attached hydrogens (tertiary/aromatic N) is 3. The van der Waals surface area contributed by atoms with E-state index in [-0.39, 0.29) is 23.4 Å². The van der Waals surface area contributed by atoms with Crippen LogP contribution < -0.4 is 16.2 Å². The van der Waals surface area contributed by atoms with E-state index < -0.39 is 5.41 Å². The molecule has 2 aliphatic rings. The maximum atomic E-state index is 12.7. The van der Waals surface area contributed by atoms with Crippen molar-refractivity contribution in [2.45, 2.75) is 31.7 Å². The molecule has 5 rings (SSSR count). The number of fused-ring (bicyclic) bond motifs is 2. The maximum Gasteiger partial charge on any atom is 0.261 e. The van der Waals surface area contributed by atoms with Crippen LogP contribution in [0.15, 0.2) is 35.3 Å². The van der Waals surface area contributed by atoms with Crippen LogP contribution in [0, 0.1) is 17.2 Å². The molecule has 0 spiro atoms. The van der Waals surface area contributed by atoms with Crippen molar-refractivity contribution < 1.29 is 9.53 Å². The van der Waals surface area contributed by atoms with E-state index in [4.69, 9.17) is 4.74 Å². The molecule has 31 heavy (non-hydrogen) atoms. The Kier molecular flexibility index (Phi) is 4.34. The van der Waals surface area contributed by atoms with Crippen LogP contribution in [0.4, 0.5) is 17.2 Å². The number of H-pyrrole nitrogens is 1. The number of nitrogens with one attached hydrogen (secondary N) is 3. The lowest BCUT2D eigenvalue weighted by molar-refractivity contribution is -0.119. The molecule has 0 saturated carbocycles. The minimum Gasteiger partial charge on any atom is -0.379 e. The standard InChI is InChI=1S/C22H22N6O3/c1-22(2)14-4-3-13(9-15(14)26-21(22)30)25-19-18-16(5-7-24-20(18)29)28(27-19)17-11-31-8-6-12(17)10-23/h3-5,7,9,12,17H,6,8,11H2,1-2H3,(H,24,29)(H,25,27)(H,26,30)/t12-,17?/m1/s1. The van der Waals surface area contributed by atoms with Crippen molar-refractivity contribution in [1.82, 2.24) is 14.8 Å². The van der Waals surface area contributed by atoms with Crippen LogP contribution in [0.25, 0.3) is 10.9 Å². The lowest BCUT2D eigenvalue weighted by Crippen LogP contribution is -2.30. The molecule has 1 amide bonds. The first-order valence-electron chi connectivity index (χ1n) is 10.2. The second-order valence-corrected chi connectivity index (χ2v) is 8.49. The number of amides is 1. The van der Waals surface area contributed by atoms with Gasteiger partial charge in [-0.2, -0.15) is 10.4 Å². The van der Waals surface area contributed by atoms with Gasteiger partial charge in [0, 0.05) is 24.2 Å². The second kappa shape index (κ2) is 6.96. The van der Waals surface area contributed by atoms with Gasteiger partial charge in [-0.15, -0.1) is 0 Å². The first-order chi connectivity index (χ1) is 14.9. The summed E-state index contributed by atoms with van der Waals surface area (Å²) in [5.74, 6) is 0.0924. The van der Waals surface area contributed by atoms with Crippen molar-refractivity contribution in [1.29, 1.82) is 5.26 Å². The number of pyridine rings is 1. The Morgan fingerprint density at radius 1 is 1.32 bits per heavy atom. The van der Waals surface area contributed by atoms with Crippen LogP contribution >= 0.6 is 0 Å². The summed E-state index contributed by atoms with van der Waals surface area (Å²) in [6, 6.07) is 9.45. The van der Waals surface area contributed by atoms with Crippen LogP contribution in [-0.4, -0.2) is 33.9 Å². The lowest BCUT2D eigenvalue weighted by atomic mass is 9.86. The minimum atomic E-state index is -0.591. The van der Waals surface area contributed by atoms with Gasteiger partial charge in [0.1, 0.15) is 5.39 Å². The van der Waals surface area contributed by atoms with E-state index >= 15 is 0 Å². The molecule has 2 aromatic heterocycles. The Morgan fingerprint density at radius 3 is 2.97 bits per heavy atom. The van der Waals surface area contributed by atoms with Crippen LogP contribution in [0.2, 0.25) is 0 Å². The molecular formula is C22H22N6O3. The average Bonchev–Trinajstić information content (AvgIpc) is 3.23. The average molecular weight is 418 g/mol. The first-order valence-corrected chi connectivity index (χ1v) is 10.2. The van der Waals surface area contributed by atoms with Crippen molar-refractivity contribution in [2.24, 2.45) is 5.92 Å². The molecule has 2 atom stereocenters. The minimum absolute atomic E-state index is 0.0503. The third-order valence-electron chi connectivity index (χ3n) is 6.21. The number of benzene rings is 1. The predicted molar refractivity (Wildman–Crippen MR) is 115 cm³/mol. The molecule has 9 heteroatoms. The van der Waals surface area contributed by atoms with Crippen LogP contribution in [0.3, 0.4) is 0 Å². The molecule has 2 aliphatic heterocycles. The Morgan fingerprint density at radius 2 is 2.16 bits per heavy atom. The number of anilines is 3. The normalized spacial score (nSPS) is 22.0. The van der Waals surface area contributed by atoms with Crippen molar-refractivity contribution in [3.63, 3.8) is 0 Å². The van der Waals surface area contributed by atoms with Gasteiger partial charge in [0.25, 0.3) is 5.56 Å². The zero-order valence-corrected chi connectivity index (χ0v) is 17.2. The van der Waals surface area contributed by atoms with Crippen molar-refractivity contribution in [2.75, 3.05) is 23.8 Å². The summed E-state index contributed by atoms with van der Waals surface area (Å²) >= 11 is 0. The number of nitriles is 1. The first kappa shape index (κ1) is 19.3. The number of hydrogen-bond acceptors (Lipinski definition) is 6. The molecule has 9 nitrogen and oxygen atoms in total. The topological polar surface area (TPSA) is 125 Å². The van der Waals surface area contributed by atoms with E-state index in [1.165, 1.54) is 0 Å². The van der Waals surface area contributed by atoms with Gasteiger partial charge in [0.2, 0.25) is 5.91 Å². The summed E-state index contributed by atoms with van der Waals surface area (Å²) in [6.45, 7) is 4.67. The molecule has 1 aromatic carbocycles. The molecule has 4 heterocycles. The fourth-order valence-electron chi connectivity index (χ4n) is 4.36.